The molecule has 0 heterocycles. The van der Waals surface area contributed by atoms with E-state index in [1.165, 1.54) is 0 Å². The highest BCUT2D eigenvalue weighted by Crippen LogP contribution is 2.63. The molecule has 0 aromatic rings. The van der Waals surface area contributed by atoms with Crippen LogP contribution in [0.1, 0.15) is 52.4 Å². The lowest BCUT2D eigenvalue weighted by Gasteiger charge is -2.58. The highest BCUT2D eigenvalue weighted by atomic mass is 16.3. The maximum Gasteiger partial charge on any atom is 0.155 e. The predicted molar refractivity (Wildman–Crippen MR) is 88.9 cm³/mol. The summed E-state index contributed by atoms with van der Waals surface area (Å²) in [5, 5.41) is 28.0. The first-order valence-corrected chi connectivity index (χ1v) is 8.84. The number of carbonyl (C=O) groups is 1. The van der Waals surface area contributed by atoms with Crippen molar-refractivity contribution in [2.45, 2.75) is 58.5 Å². The molecule has 5 unspecified atom stereocenters. The van der Waals surface area contributed by atoms with Crippen molar-refractivity contribution in [3.05, 3.63) is 11.6 Å². The van der Waals surface area contributed by atoms with Gasteiger partial charge in [0.05, 0.1) is 6.10 Å². The Bertz CT molecular complexity index is 652. The zero-order valence-electron chi connectivity index (χ0n) is 14.0. The summed E-state index contributed by atoms with van der Waals surface area (Å²) in [7, 11) is 0. The number of rotatable bonds is 0. The summed E-state index contributed by atoms with van der Waals surface area (Å²) in [6.07, 6.45) is 5.62. The molecule has 3 fully saturated rings. The Morgan fingerprint density at radius 2 is 1.96 bits per heavy atom. The SMILES string of the molecule is CC12C[C@@H](O)C3C(C(=N)CC4=CC(=O)CCC43C)C1CCC2=N. The van der Waals surface area contributed by atoms with Gasteiger partial charge < -0.3 is 15.9 Å². The minimum Gasteiger partial charge on any atom is -0.393 e. The molecule has 4 aliphatic carbocycles. The third kappa shape index (κ3) is 1.84. The lowest BCUT2D eigenvalue weighted by atomic mass is 9.46. The van der Waals surface area contributed by atoms with Gasteiger partial charge in [-0.1, -0.05) is 19.4 Å². The first-order valence-electron chi connectivity index (χ1n) is 8.84. The normalized spacial score (nSPS) is 49.3. The standard InChI is InChI=1S/C19H26N2O2/c1-18-6-5-11(22)7-10(18)8-13(20)16-12-3-4-15(21)19(12,2)9-14(23)17(16)18/h7,12,14,16-17,20-21,23H,3-6,8-9H2,1-2H3/t12?,14-,16?,17?,18?,19?/m1/s1. The summed E-state index contributed by atoms with van der Waals surface area (Å²) in [6, 6.07) is 0. The molecule has 4 aliphatic rings. The summed E-state index contributed by atoms with van der Waals surface area (Å²) >= 11 is 0. The molecule has 0 spiro atoms. The number of nitrogens with one attached hydrogen (secondary N) is 2. The fraction of sp³-hybridized carbons (Fsp3) is 0.737. The van der Waals surface area contributed by atoms with E-state index in [4.69, 9.17) is 10.8 Å². The minimum absolute atomic E-state index is 0.0343. The van der Waals surface area contributed by atoms with Crippen molar-refractivity contribution in [2.75, 3.05) is 0 Å². The predicted octanol–water partition coefficient (Wildman–Crippen LogP) is 3.14. The third-order valence-corrected chi connectivity index (χ3v) is 7.56. The maximum absolute atomic E-state index is 11.8. The molecule has 3 saturated carbocycles. The van der Waals surface area contributed by atoms with Gasteiger partial charge >= 0.3 is 0 Å². The number of aliphatic hydroxyl groups excluding tert-OH is 1. The Labute approximate surface area is 137 Å². The van der Waals surface area contributed by atoms with Crippen LogP contribution in [0, 0.1) is 39.4 Å². The first-order chi connectivity index (χ1) is 10.8. The molecule has 0 bridgehead atoms. The summed E-state index contributed by atoms with van der Waals surface area (Å²) < 4.78 is 0. The third-order valence-electron chi connectivity index (χ3n) is 7.56. The molecule has 0 aromatic heterocycles. The van der Waals surface area contributed by atoms with Gasteiger partial charge in [0.15, 0.2) is 5.78 Å². The van der Waals surface area contributed by atoms with Crippen LogP contribution >= 0.6 is 0 Å². The Kier molecular flexibility index (Phi) is 3.07. The van der Waals surface area contributed by atoms with Gasteiger partial charge in [-0.05, 0) is 43.1 Å². The van der Waals surface area contributed by atoms with E-state index in [1.54, 1.807) is 6.08 Å². The molecule has 0 saturated heterocycles. The van der Waals surface area contributed by atoms with Crippen molar-refractivity contribution >= 4 is 17.2 Å². The quantitative estimate of drug-likeness (QED) is 0.641. The zero-order chi connectivity index (χ0) is 16.6. The first kappa shape index (κ1) is 15.3. The molecule has 0 aromatic carbocycles. The van der Waals surface area contributed by atoms with E-state index >= 15 is 0 Å². The van der Waals surface area contributed by atoms with E-state index in [0.717, 1.165) is 30.5 Å². The van der Waals surface area contributed by atoms with Gasteiger partial charge in [-0.25, -0.2) is 0 Å². The van der Waals surface area contributed by atoms with Crippen molar-refractivity contribution in [1.29, 1.82) is 10.8 Å². The fourth-order valence-corrected chi connectivity index (χ4v) is 6.24. The van der Waals surface area contributed by atoms with Gasteiger partial charge in [-0.3, -0.25) is 4.79 Å². The van der Waals surface area contributed by atoms with Crippen LogP contribution in [0.2, 0.25) is 0 Å². The number of hydrogen-bond acceptors (Lipinski definition) is 4. The summed E-state index contributed by atoms with van der Waals surface area (Å²) in [5.41, 5.74) is 2.11. The molecule has 0 aliphatic heterocycles. The molecule has 4 nitrogen and oxygen atoms in total. The number of hydrogen-bond donors (Lipinski definition) is 3. The van der Waals surface area contributed by atoms with E-state index in [-0.39, 0.29) is 28.4 Å². The molecule has 4 rings (SSSR count). The van der Waals surface area contributed by atoms with Gasteiger partial charge in [0.25, 0.3) is 0 Å². The van der Waals surface area contributed by atoms with E-state index in [9.17, 15) is 9.90 Å². The second kappa shape index (κ2) is 4.62. The molecule has 0 radical (unpaired) electrons. The van der Waals surface area contributed by atoms with Gasteiger partial charge in [-0.15, -0.1) is 0 Å². The van der Waals surface area contributed by atoms with Crippen LogP contribution in [-0.2, 0) is 4.79 Å². The minimum atomic E-state index is -0.484. The number of aliphatic hydroxyl groups is 1. The number of carbonyl (C=O) groups excluding carboxylic acids is 1. The molecule has 6 atom stereocenters. The molecule has 4 heteroatoms. The molecular formula is C19H26N2O2. The van der Waals surface area contributed by atoms with Crippen LogP contribution in [0.4, 0.5) is 0 Å². The van der Waals surface area contributed by atoms with Crippen LogP contribution in [0.25, 0.3) is 0 Å². The van der Waals surface area contributed by atoms with Crippen molar-refractivity contribution in [2.24, 2.45) is 28.6 Å². The maximum atomic E-state index is 11.8. The van der Waals surface area contributed by atoms with Crippen LogP contribution in [0.15, 0.2) is 11.6 Å². The van der Waals surface area contributed by atoms with Crippen LogP contribution < -0.4 is 0 Å². The summed E-state index contributed by atoms with van der Waals surface area (Å²) in [4.78, 5) is 11.8. The number of ketones is 1. The average molecular weight is 314 g/mol. The smallest absolute Gasteiger partial charge is 0.155 e. The second-order valence-corrected chi connectivity index (χ2v) is 8.62. The van der Waals surface area contributed by atoms with E-state index in [1.807, 2.05) is 0 Å². The van der Waals surface area contributed by atoms with Crippen molar-refractivity contribution in [3.63, 3.8) is 0 Å². The van der Waals surface area contributed by atoms with E-state index < -0.39 is 6.10 Å². The van der Waals surface area contributed by atoms with Gasteiger partial charge in [-0.2, -0.15) is 0 Å². The molecule has 23 heavy (non-hydrogen) atoms. The summed E-state index contributed by atoms with van der Waals surface area (Å²) in [6.45, 7) is 4.32. The van der Waals surface area contributed by atoms with Gasteiger partial charge in [0, 0.05) is 41.5 Å². The monoisotopic (exact) mass is 314 g/mol. The second-order valence-electron chi connectivity index (χ2n) is 8.62. The Hall–Kier alpha value is -1.29. The van der Waals surface area contributed by atoms with Crippen molar-refractivity contribution < 1.29 is 9.90 Å². The van der Waals surface area contributed by atoms with Gasteiger partial charge in [0.2, 0.25) is 0 Å². The number of fused-ring (bicyclic) bond motifs is 5. The fourth-order valence-electron chi connectivity index (χ4n) is 6.24. The van der Waals surface area contributed by atoms with E-state index in [2.05, 4.69) is 13.8 Å². The van der Waals surface area contributed by atoms with Crippen LogP contribution in [0.5, 0.6) is 0 Å². The lowest BCUT2D eigenvalue weighted by molar-refractivity contribution is -0.118. The highest BCUT2D eigenvalue weighted by Gasteiger charge is 2.62. The topological polar surface area (TPSA) is 85.0 Å². The molecule has 0 amide bonds. The molecular weight excluding hydrogens is 288 g/mol. The van der Waals surface area contributed by atoms with Crippen molar-refractivity contribution in [1.82, 2.24) is 0 Å². The lowest BCUT2D eigenvalue weighted by Crippen LogP contribution is -2.59. The summed E-state index contributed by atoms with van der Waals surface area (Å²) in [5.74, 6) is 0.586. The van der Waals surface area contributed by atoms with Crippen LogP contribution in [-0.4, -0.2) is 28.4 Å². The van der Waals surface area contributed by atoms with Crippen LogP contribution in [0.3, 0.4) is 0 Å². The average Bonchev–Trinajstić information content (AvgIpc) is 2.76. The zero-order valence-corrected chi connectivity index (χ0v) is 14.0. The molecule has 3 N–H and O–H groups in total. The van der Waals surface area contributed by atoms with Crippen molar-refractivity contribution in [3.8, 4) is 0 Å². The Morgan fingerprint density at radius 1 is 1.22 bits per heavy atom. The van der Waals surface area contributed by atoms with Gasteiger partial charge in [0.1, 0.15) is 0 Å². The largest absolute Gasteiger partial charge is 0.393 e. The molecule has 124 valence electrons. The Morgan fingerprint density at radius 3 is 2.70 bits per heavy atom. The number of allylic oxidation sites excluding steroid dienone is 1. The highest BCUT2D eigenvalue weighted by molar-refractivity contribution is 5.97. The van der Waals surface area contributed by atoms with E-state index in [0.29, 0.717) is 30.9 Å². The Balaban J connectivity index is 1.82.